The summed E-state index contributed by atoms with van der Waals surface area (Å²) in [5, 5.41) is 3.54. The fourth-order valence-corrected chi connectivity index (χ4v) is 3.21. The van der Waals surface area contributed by atoms with Crippen molar-refractivity contribution >= 4 is 11.4 Å². The van der Waals surface area contributed by atoms with Gasteiger partial charge in [-0.2, -0.15) is 0 Å². The lowest BCUT2D eigenvalue weighted by Gasteiger charge is -2.27. The van der Waals surface area contributed by atoms with Crippen LogP contribution in [-0.4, -0.2) is 19.6 Å². The molecular formula is C15H22N2. The Hall–Kier alpha value is -1.18. The summed E-state index contributed by atoms with van der Waals surface area (Å²) in [4.78, 5) is 2.60. The maximum Gasteiger partial charge on any atom is 0.0602 e. The van der Waals surface area contributed by atoms with E-state index in [0.717, 1.165) is 12.5 Å². The number of benzene rings is 1. The molecule has 1 saturated carbocycles. The molecule has 1 aromatic carbocycles. The topological polar surface area (TPSA) is 15.3 Å². The Morgan fingerprint density at radius 3 is 2.82 bits per heavy atom. The van der Waals surface area contributed by atoms with Gasteiger partial charge in [0.2, 0.25) is 0 Å². The largest absolute Gasteiger partial charge is 0.383 e. The second-order valence-electron chi connectivity index (χ2n) is 5.39. The molecule has 2 aliphatic rings. The van der Waals surface area contributed by atoms with Gasteiger partial charge in [-0.15, -0.1) is 0 Å². The minimum absolute atomic E-state index is 0.932. The van der Waals surface area contributed by atoms with Crippen LogP contribution in [0.4, 0.5) is 11.4 Å². The van der Waals surface area contributed by atoms with E-state index in [0.29, 0.717) is 0 Å². The van der Waals surface area contributed by atoms with Gasteiger partial charge in [0.15, 0.2) is 0 Å². The van der Waals surface area contributed by atoms with E-state index in [-0.39, 0.29) is 0 Å². The van der Waals surface area contributed by atoms with Crippen LogP contribution >= 0.6 is 0 Å². The number of nitrogens with one attached hydrogen (secondary N) is 1. The second kappa shape index (κ2) is 4.99. The first-order chi connectivity index (χ1) is 8.43. The van der Waals surface area contributed by atoms with Crippen molar-refractivity contribution in [2.75, 3.05) is 29.9 Å². The molecule has 1 heterocycles. The van der Waals surface area contributed by atoms with Gasteiger partial charge in [0, 0.05) is 19.6 Å². The number of hydrogen-bond acceptors (Lipinski definition) is 2. The molecule has 3 rings (SSSR count). The quantitative estimate of drug-likeness (QED) is 0.836. The Bertz CT molecular complexity index is 369. The Labute approximate surface area is 104 Å². The SMILES string of the molecule is c1ccc2c(c1)NCCCN2CC1CCCC1. The summed E-state index contributed by atoms with van der Waals surface area (Å²) in [6, 6.07) is 8.77. The van der Waals surface area contributed by atoms with E-state index in [4.69, 9.17) is 0 Å². The Morgan fingerprint density at radius 1 is 1.12 bits per heavy atom. The average molecular weight is 230 g/mol. The number of anilines is 2. The van der Waals surface area contributed by atoms with Crippen molar-refractivity contribution in [2.24, 2.45) is 5.92 Å². The third-order valence-corrected chi connectivity index (χ3v) is 4.12. The van der Waals surface area contributed by atoms with Gasteiger partial charge in [0.25, 0.3) is 0 Å². The molecule has 1 fully saturated rings. The van der Waals surface area contributed by atoms with Gasteiger partial charge in [-0.05, 0) is 37.3 Å². The molecule has 1 aliphatic heterocycles. The maximum absolute atomic E-state index is 3.54. The van der Waals surface area contributed by atoms with Crippen molar-refractivity contribution in [3.05, 3.63) is 24.3 Å². The van der Waals surface area contributed by atoms with Crippen LogP contribution in [-0.2, 0) is 0 Å². The molecule has 17 heavy (non-hydrogen) atoms. The lowest BCUT2D eigenvalue weighted by Crippen LogP contribution is -2.29. The van der Waals surface area contributed by atoms with Crippen LogP contribution in [0, 0.1) is 5.92 Å². The number of hydrogen-bond donors (Lipinski definition) is 1. The predicted molar refractivity (Wildman–Crippen MR) is 73.7 cm³/mol. The third-order valence-electron chi connectivity index (χ3n) is 4.12. The molecule has 0 saturated heterocycles. The van der Waals surface area contributed by atoms with E-state index in [2.05, 4.69) is 34.5 Å². The highest BCUT2D eigenvalue weighted by Gasteiger charge is 2.21. The van der Waals surface area contributed by atoms with E-state index in [1.54, 1.807) is 0 Å². The van der Waals surface area contributed by atoms with Gasteiger partial charge in [-0.25, -0.2) is 0 Å². The van der Waals surface area contributed by atoms with Crippen molar-refractivity contribution in [2.45, 2.75) is 32.1 Å². The van der Waals surface area contributed by atoms with Crippen LogP contribution in [0.15, 0.2) is 24.3 Å². The molecule has 0 amide bonds. The van der Waals surface area contributed by atoms with E-state index >= 15 is 0 Å². The second-order valence-corrected chi connectivity index (χ2v) is 5.39. The standard InChI is InChI=1S/C15H22N2/c1-2-7-13(6-1)12-17-11-5-10-16-14-8-3-4-9-15(14)17/h3-4,8-9,13,16H,1-2,5-7,10-12H2. The fraction of sp³-hybridized carbons (Fsp3) is 0.600. The van der Waals surface area contributed by atoms with Crippen molar-refractivity contribution in [3.63, 3.8) is 0 Å². The molecule has 1 aliphatic carbocycles. The zero-order chi connectivity index (χ0) is 11.5. The lowest BCUT2D eigenvalue weighted by atomic mass is 10.1. The summed E-state index contributed by atoms with van der Waals surface area (Å²) in [5.41, 5.74) is 2.74. The van der Waals surface area contributed by atoms with E-state index in [1.807, 2.05) is 0 Å². The maximum atomic E-state index is 3.54. The van der Waals surface area contributed by atoms with Crippen LogP contribution in [0.3, 0.4) is 0 Å². The molecular weight excluding hydrogens is 208 g/mol. The Morgan fingerprint density at radius 2 is 1.94 bits per heavy atom. The van der Waals surface area contributed by atoms with Crippen molar-refractivity contribution in [3.8, 4) is 0 Å². The Balaban J connectivity index is 1.78. The molecule has 2 nitrogen and oxygen atoms in total. The normalized spacial score (nSPS) is 20.8. The first-order valence-corrected chi connectivity index (χ1v) is 7.01. The van der Waals surface area contributed by atoms with Crippen LogP contribution < -0.4 is 10.2 Å². The molecule has 0 atom stereocenters. The highest BCUT2D eigenvalue weighted by atomic mass is 15.2. The zero-order valence-corrected chi connectivity index (χ0v) is 10.5. The molecule has 2 heteroatoms. The van der Waals surface area contributed by atoms with E-state index in [9.17, 15) is 0 Å². The molecule has 0 aromatic heterocycles. The molecule has 92 valence electrons. The average Bonchev–Trinajstić information content (AvgIpc) is 2.78. The highest BCUT2D eigenvalue weighted by molar-refractivity contribution is 5.70. The summed E-state index contributed by atoms with van der Waals surface area (Å²) in [6.45, 7) is 3.58. The lowest BCUT2D eigenvalue weighted by molar-refractivity contribution is 0.530. The first kappa shape index (κ1) is 10.9. The predicted octanol–water partition coefficient (Wildman–Crippen LogP) is 3.50. The van der Waals surface area contributed by atoms with Crippen LogP contribution in [0.25, 0.3) is 0 Å². The van der Waals surface area contributed by atoms with Crippen LogP contribution in [0.1, 0.15) is 32.1 Å². The smallest absolute Gasteiger partial charge is 0.0602 e. The summed E-state index contributed by atoms with van der Waals surface area (Å²) >= 11 is 0. The van der Waals surface area contributed by atoms with Gasteiger partial charge in [-0.1, -0.05) is 25.0 Å². The summed E-state index contributed by atoms with van der Waals surface area (Å²) in [5.74, 6) is 0.932. The van der Waals surface area contributed by atoms with Gasteiger partial charge in [0.1, 0.15) is 0 Å². The van der Waals surface area contributed by atoms with Crippen molar-refractivity contribution in [1.29, 1.82) is 0 Å². The molecule has 1 aromatic rings. The molecule has 0 unspecified atom stereocenters. The number of fused-ring (bicyclic) bond motifs is 1. The zero-order valence-electron chi connectivity index (χ0n) is 10.5. The first-order valence-electron chi connectivity index (χ1n) is 7.01. The highest BCUT2D eigenvalue weighted by Crippen LogP contribution is 2.32. The fourth-order valence-electron chi connectivity index (χ4n) is 3.21. The van der Waals surface area contributed by atoms with Gasteiger partial charge >= 0.3 is 0 Å². The minimum Gasteiger partial charge on any atom is -0.383 e. The number of nitrogens with zero attached hydrogens (tertiary/aromatic N) is 1. The van der Waals surface area contributed by atoms with Crippen molar-refractivity contribution < 1.29 is 0 Å². The number of para-hydroxylation sites is 2. The monoisotopic (exact) mass is 230 g/mol. The van der Waals surface area contributed by atoms with Crippen LogP contribution in [0.5, 0.6) is 0 Å². The summed E-state index contributed by atoms with van der Waals surface area (Å²) in [7, 11) is 0. The molecule has 0 radical (unpaired) electrons. The van der Waals surface area contributed by atoms with E-state index in [1.165, 1.54) is 56.6 Å². The van der Waals surface area contributed by atoms with Gasteiger partial charge < -0.3 is 10.2 Å². The molecule has 0 bridgehead atoms. The van der Waals surface area contributed by atoms with Gasteiger partial charge in [-0.3, -0.25) is 0 Å². The van der Waals surface area contributed by atoms with Gasteiger partial charge in [0.05, 0.1) is 11.4 Å². The third kappa shape index (κ3) is 2.41. The summed E-state index contributed by atoms with van der Waals surface area (Å²) < 4.78 is 0. The summed E-state index contributed by atoms with van der Waals surface area (Å²) in [6.07, 6.45) is 7.01. The molecule has 0 spiro atoms. The molecule has 1 N–H and O–H groups in total. The minimum atomic E-state index is 0.932. The number of rotatable bonds is 2. The van der Waals surface area contributed by atoms with Crippen molar-refractivity contribution in [1.82, 2.24) is 0 Å². The van der Waals surface area contributed by atoms with E-state index < -0.39 is 0 Å². The van der Waals surface area contributed by atoms with Crippen LogP contribution in [0.2, 0.25) is 0 Å². The Kier molecular flexibility index (Phi) is 3.21.